The first-order chi connectivity index (χ1) is 13.5. The molecule has 29 heavy (non-hydrogen) atoms. The summed E-state index contributed by atoms with van der Waals surface area (Å²) in [7, 11) is 1.61. The molecule has 7 nitrogen and oxygen atoms in total. The number of carbonyl (C=O) groups is 1. The van der Waals surface area contributed by atoms with Gasteiger partial charge < -0.3 is 20.4 Å². The Labute approximate surface area is 171 Å². The average Bonchev–Trinajstić information content (AvgIpc) is 2.59. The van der Waals surface area contributed by atoms with E-state index in [4.69, 9.17) is 4.74 Å². The Balaban J connectivity index is 1.74. The highest BCUT2D eigenvalue weighted by molar-refractivity contribution is 5.92. The third-order valence-electron chi connectivity index (χ3n) is 5.08. The summed E-state index contributed by atoms with van der Waals surface area (Å²) in [6.07, 6.45) is 2.04. The number of aromatic amines is 1. The van der Waals surface area contributed by atoms with E-state index in [1.807, 2.05) is 24.3 Å². The molecule has 3 rings (SSSR count). The summed E-state index contributed by atoms with van der Waals surface area (Å²) >= 11 is 0. The fraction of sp³-hybridized carbons (Fsp3) is 0.500. The lowest BCUT2D eigenvalue weighted by atomic mass is 9.79. The van der Waals surface area contributed by atoms with Crippen molar-refractivity contribution in [3.8, 4) is 5.75 Å². The highest BCUT2D eigenvalue weighted by Crippen LogP contribution is 2.28. The third-order valence-corrected chi connectivity index (χ3v) is 5.08. The van der Waals surface area contributed by atoms with Gasteiger partial charge in [-0.1, -0.05) is 12.1 Å². The molecule has 0 saturated carbocycles. The predicted octanol–water partition coefficient (Wildman–Crippen LogP) is 2.41. The van der Waals surface area contributed by atoms with E-state index in [2.05, 4.69) is 48.3 Å². The number of amides is 1. The van der Waals surface area contributed by atoms with Crippen LogP contribution in [0.3, 0.4) is 0 Å². The fourth-order valence-electron chi connectivity index (χ4n) is 4.33. The van der Waals surface area contributed by atoms with Gasteiger partial charge in [-0.15, -0.1) is 0 Å². The predicted molar refractivity (Wildman–Crippen MR) is 112 cm³/mol. The Morgan fingerprint density at radius 3 is 2.38 bits per heavy atom. The highest BCUT2D eigenvalue weighted by atomic mass is 16.5. The Hall–Kier alpha value is -2.67. The lowest BCUT2D eigenvalue weighted by Crippen LogP contribution is -2.62. The SMILES string of the molecule is COc1ccc(Cc2nc(C(=O)NC3CC(C)(C)NC(C)(C)C3)cc(=O)[nH]2)cc1. The molecule has 0 radical (unpaired) electrons. The molecule has 0 aliphatic carbocycles. The Kier molecular flexibility index (Phi) is 5.80. The van der Waals surface area contributed by atoms with Gasteiger partial charge in [-0.05, 0) is 58.2 Å². The summed E-state index contributed by atoms with van der Waals surface area (Å²) < 4.78 is 5.16. The van der Waals surface area contributed by atoms with Crippen LogP contribution in [0.1, 0.15) is 62.4 Å². The minimum atomic E-state index is -0.334. The maximum atomic E-state index is 12.8. The highest BCUT2D eigenvalue weighted by Gasteiger charge is 2.38. The van der Waals surface area contributed by atoms with Gasteiger partial charge >= 0.3 is 0 Å². The second-order valence-electron chi connectivity index (χ2n) is 9.07. The lowest BCUT2D eigenvalue weighted by molar-refractivity contribution is 0.0867. The van der Waals surface area contributed by atoms with E-state index in [9.17, 15) is 9.59 Å². The van der Waals surface area contributed by atoms with Gasteiger partial charge in [0, 0.05) is 29.6 Å². The summed E-state index contributed by atoms with van der Waals surface area (Å²) in [5, 5.41) is 6.67. The molecule has 7 heteroatoms. The molecule has 1 aliphatic heterocycles. The first-order valence-corrected chi connectivity index (χ1v) is 9.89. The van der Waals surface area contributed by atoms with Gasteiger partial charge in [0.1, 0.15) is 17.3 Å². The molecule has 0 unspecified atom stereocenters. The molecule has 1 aromatic carbocycles. The molecule has 0 bridgehead atoms. The number of nitrogens with zero attached hydrogens (tertiary/aromatic N) is 1. The number of hydrogen-bond acceptors (Lipinski definition) is 5. The van der Waals surface area contributed by atoms with Gasteiger partial charge in [-0.3, -0.25) is 9.59 Å². The van der Waals surface area contributed by atoms with Gasteiger partial charge in [0.15, 0.2) is 0 Å². The van der Waals surface area contributed by atoms with Crippen LogP contribution in [-0.2, 0) is 6.42 Å². The molecule has 1 fully saturated rings. The molecule has 1 saturated heterocycles. The Morgan fingerprint density at radius 1 is 1.17 bits per heavy atom. The lowest BCUT2D eigenvalue weighted by Gasteiger charge is -2.46. The molecule has 0 spiro atoms. The second-order valence-corrected chi connectivity index (χ2v) is 9.07. The van der Waals surface area contributed by atoms with Crippen LogP contribution in [0, 0.1) is 0 Å². The van der Waals surface area contributed by atoms with Crippen LogP contribution < -0.4 is 20.9 Å². The first kappa shape index (κ1) is 21.0. The fourth-order valence-corrected chi connectivity index (χ4v) is 4.33. The summed E-state index contributed by atoms with van der Waals surface area (Å²) in [5.74, 6) is 0.903. The smallest absolute Gasteiger partial charge is 0.270 e. The minimum Gasteiger partial charge on any atom is -0.497 e. The first-order valence-electron chi connectivity index (χ1n) is 9.89. The molecule has 0 atom stereocenters. The monoisotopic (exact) mass is 398 g/mol. The maximum Gasteiger partial charge on any atom is 0.270 e. The van der Waals surface area contributed by atoms with E-state index >= 15 is 0 Å². The van der Waals surface area contributed by atoms with Crippen molar-refractivity contribution in [2.75, 3.05) is 7.11 Å². The van der Waals surface area contributed by atoms with Gasteiger partial charge in [-0.2, -0.15) is 0 Å². The number of H-pyrrole nitrogens is 1. The third kappa shape index (κ3) is 5.67. The summed E-state index contributed by atoms with van der Waals surface area (Å²) in [6.45, 7) is 8.52. The van der Waals surface area contributed by atoms with Crippen molar-refractivity contribution in [1.82, 2.24) is 20.6 Å². The van der Waals surface area contributed by atoms with E-state index in [1.165, 1.54) is 6.07 Å². The molecule has 3 N–H and O–H groups in total. The van der Waals surface area contributed by atoms with E-state index in [0.29, 0.717) is 12.2 Å². The number of hydrogen-bond donors (Lipinski definition) is 3. The normalized spacial score (nSPS) is 18.2. The number of piperidine rings is 1. The number of aromatic nitrogens is 2. The van der Waals surface area contributed by atoms with Crippen LogP contribution in [0.2, 0.25) is 0 Å². The molecule has 1 aliphatic rings. The number of benzene rings is 1. The van der Waals surface area contributed by atoms with Crippen molar-refractivity contribution in [3.63, 3.8) is 0 Å². The average molecular weight is 399 g/mol. The van der Waals surface area contributed by atoms with Crippen molar-refractivity contribution in [2.45, 2.75) is 64.1 Å². The minimum absolute atomic E-state index is 0.0138. The Morgan fingerprint density at radius 2 is 1.79 bits per heavy atom. The number of nitrogens with one attached hydrogen (secondary N) is 3. The zero-order chi connectivity index (χ0) is 21.2. The van der Waals surface area contributed by atoms with Crippen LogP contribution in [-0.4, -0.2) is 40.1 Å². The topological polar surface area (TPSA) is 96.1 Å². The summed E-state index contributed by atoms with van der Waals surface area (Å²) in [6, 6.07) is 8.79. The summed E-state index contributed by atoms with van der Waals surface area (Å²) in [5.41, 5.74) is 0.612. The standard InChI is InChI=1S/C22H30N4O3/c1-21(2)12-15(13-22(3,4)26-21)23-20(28)17-11-19(27)25-18(24-17)10-14-6-8-16(29-5)9-7-14/h6-9,11,15,26H,10,12-13H2,1-5H3,(H,23,28)(H,24,25,27). The van der Waals surface area contributed by atoms with Gasteiger partial charge in [0.25, 0.3) is 11.5 Å². The van der Waals surface area contributed by atoms with Gasteiger partial charge in [0.2, 0.25) is 0 Å². The van der Waals surface area contributed by atoms with E-state index in [0.717, 1.165) is 24.2 Å². The van der Waals surface area contributed by atoms with Crippen molar-refractivity contribution >= 4 is 5.91 Å². The van der Waals surface area contributed by atoms with Crippen molar-refractivity contribution in [1.29, 1.82) is 0 Å². The molecule has 1 aromatic heterocycles. The molecular formula is C22H30N4O3. The van der Waals surface area contributed by atoms with E-state index in [1.54, 1.807) is 7.11 Å². The van der Waals surface area contributed by atoms with Crippen LogP contribution in [0.5, 0.6) is 5.75 Å². The number of carbonyl (C=O) groups excluding carboxylic acids is 1. The van der Waals surface area contributed by atoms with Crippen LogP contribution in [0.4, 0.5) is 0 Å². The van der Waals surface area contributed by atoms with Crippen LogP contribution >= 0.6 is 0 Å². The Bertz CT molecular complexity index is 916. The van der Waals surface area contributed by atoms with Crippen molar-refractivity contribution in [2.24, 2.45) is 0 Å². The largest absolute Gasteiger partial charge is 0.497 e. The van der Waals surface area contributed by atoms with Crippen LogP contribution in [0.25, 0.3) is 0 Å². The number of rotatable bonds is 5. The zero-order valence-corrected chi connectivity index (χ0v) is 17.8. The van der Waals surface area contributed by atoms with Gasteiger partial charge in [-0.25, -0.2) is 4.98 Å². The van der Waals surface area contributed by atoms with Crippen molar-refractivity contribution < 1.29 is 9.53 Å². The zero-order valence-electron chi connectivity index (χ0n) is 17.8. The summed E-state index contributed by atoms with van der Waals surface area (Å²) in [4.78, 5) is 32.0. The second kappa shape index (κ2) is 7.99. The molecule has 1 amide bonds. The van der Waals surface area contributed by atoms with E-state index < -0.39 is 0 Å². The van der Waals surface area contributed by atoms with Crippen LogP contribution in [0.15, 0.2) is 35.1 Å². The number of methoxy groups -OCH3 is 1. The van der Waals surface area contributed by atoms with E-state index in [-0.39, 0.29) is 34.3 Å². The van der Waals surface area contributed by atoms with Gasteiger partial charge in [0.05, 0.1) is 7.11 Å². The van der Waals surface area contributed by atoms with Crippen molar-refractivity contribution in [3.05, 3.63) is 57.8 Å². The number of ether oxygens (including phenoxy) is 1. The quantitative estimate of drug-likeness (QED) is 0.719. The molecule has 2 heterocycles. The molecule has 2 aromatic rings. The molecule has 156 valence electrons. The molecular weight excluding hydrogens is 368 g/mol. The maximum absolute atomic E-state index is 12.8.